The number of aliphatic hydroxyl groups excluding tert-OH is 1. The number of allylic oxidation sites excluding steroid dienone is 1. The zero-order valence-corrected chi connectivity index (χ0v) is 23.9. The monoisotopic (exact) mass is 596 g/mol. The lowest BCUT2D eigenvalue weighted by Crippen LogP contribution is -2.70. The summed E-state index contributed by atoms with van der Waals surface area (Å²) in [7, 11) is -2.14. The van der Waals surface area contributed by atoms with E-state index in [9.17, 15) is 27.9 Å². The summed E-state index contributed by atoms with van der Waals surface area (Å²) in [6.45, 7) is 1.00. The third-order valence-electron chi connectivity index (χ3n) is 6.13. The van der Waals surface area contributed by atoms with Crippen molar-refractivity contribution >= 4 is 37.4 Å². The van der Waals surface area contributed by atoms with Gasteiger partial charge in [0.15, 0.2) is 5.70 Å². The van der Waals surface area contributed by atoms with Gasteiger partial charge in [0.25, 0.3) is 5.91 Å². The highest BCUT2D eigenvalue weighted by Gasteiger charge is 2.54. The molecular weight excluding hydrogens is 568 g/mol. The third-order valence-corrected chi connectivity index (χ3v) is 9.84. The second-order valence-corrected chi connectivity index (χ2v) is 13.0. The number of carbonyl (C=O) groups is 3. The van der Waals surface area contributed by atoms with Crippen LogP contribution in [0.3, 0.4) is 0 Å². The zero-order chi connectivity index (χ0) is 29.6. The van der Waals surface area contributed by atoms with Crippen LogP contribution in [-0.2, 0) is 41.0 Å². The fourth-order valence-electron chi connectivity index (χ4n) is 4.07. The summed E-state index contributed by atoms with van der Waals surface area (Å²) in [5.41, 5.74) is 0.800. The molecule has 2 atom stereocenters. The fraction of sp³-hybridized carbons (Fsp3) is 0.207. The molecule has 2 N–H and O–H groups in total. The van der Waals surface area contributed by atoms with E-state index < -0.39 is 49.5 Å². The number of carbonyl (C=O) groups excluding carboxylic acids is 3. The van der Waals surface area contributed by atoms with Gasteiger partial charge in [-0.2, -0.15) is 0 Å². The molecule has 4 rings (SSSR count). The van der Waals surface area contributed by atoms with E-state index in [0.29, 0.717) is 27.7 Å². The number of amides is 2. The average Bonchev–Trinajstić information content (AvgIpc) is 2.97. The van der Waals surface area contributed by atoms with Crippen molar-refractivity contribution < 1.29 is 37.4 Å². The van der Waals surface area contributed by atoms with Gasteiger partial charge in [0.05, 0.1) is 18.4 Å². The zero-order valence-electron chi connectivity index (χ0n) is 22.2. The van der Waals surface area contributed by atoms with E-state index in [1.54, 1.807) is 72.8 Å². The number of esters is 1. The average molecular weight is 597 g/mol. The van der Waals surface area contributed by atoms with Gasteiger partial charge in [-0.15, -0.1) is 0 Å². The van der Waals surface area contributed by atoms with E-state index in [-0.39, 0.29) is 17.9 Å². The topological polar surface area (TPSA) is 139 Å². The van der Waals surface area contributed by atoms with Crippen LogP contribution in [0.4, 0.5) is 0 Å². The minimum atomic E-state index is -4.05. The van der Waals surface area contributed by atoms with Gasteiger partial charge in [-0.25, -0.2) is 13.2 Å². The Labute approximate surface area is 241 Å². The second kappa shape index (κ2) is 12.9. The van der Waals surface area contributed by atoms with Crippen LogP contribution in [0.1, 0.15) is 18.1 Å². The number of nitrogens with one attached hydrogen (secondary N) is 1. The summed E-state index contributed by atoms with van der Waals surface area (Å²) in [4.78, 5) is 40.0. The van der Waals surface area contributed by atoms with E-state index in [1.807, 2.05) is 0 Å². The van der Waals surface area contributed by atoms with Crippen molar-refractivity contribution in [2.75, 3.05) is 7.11 Å². The summed E-state index contributed by atoms with van der Waals surface area (Å²) in [5.74, 6) is -2.25. The van der Waals surface area contributed by atoms with Gasteiger partial charge in [0.2, 0.25) is 14.8 Å². The Kier molecular flexibility index (Phi) is 9.35. The largest absolute Gasteiger partial charge is 0.510 e. The Morgan fingerprint density at radius 2 is 1.56 bits per heavy atom. The highest BCUT2D eigenvalue weighted by molar-refractivity contribution is 8.72. The number of benzene rings is 3. The van der Waals surface area contributed by atoms with Crippen LogP contribution in [0.15, 0.2) is 101 Å². The van der Waals surface area contributed by atoms with Gasteiger partial charge in [0.1, 0.15) is 29.5 Å². The van der Waals surface area contributed by atoms with Crippen molar-refractivity contribution in [2.24, 2.45) is 0 Å². The molecule has 2 amide bonds. The molecule has 1 aliphatic rings. The van der Waals surface area contributed by atoms with Gasteiger partial charge in [-0.1, -0.05) is 60.7 Å². The van der Waals surface area contributed by atoms with Crippen LogP contribution in [0.2, 0.25) is 0 Å². The molecule has 3 aromatic rings. The first-order chi connectivity index (χ1) is 19.6. The van der Waals surface area contributed by atoms with Crippen LogP contribution < -0.4 is 10.1 Å². The lowest BCUT2D eigenvalue weighted by atomic mass is 10.0. The first kappa shape index (κ1) is 29.7. The number of hydrogen-bond donors (Lipinski definition) is 2. The van der Waals surface area contributed by atoms with Crippen molar-refractivity contribution in [1.29, 1.82) is 0 Å². The molecule has 3 aromatic carbocycles. The molecule has 12 heteroatoms. The molecule has 0 saturated carbocycles. The van der Waals surface area contributed by atoms with E-state index in [1.165, 1.54) is 26.2 Å². The molecule has 0 spiro atoms. The number of likely N-dealkylation sites (tertiary alicyclic amines) is 1. The van der Waals surface area contributed by atoms with Crippen LogP contribution in [0.25, 0.3) is 0 Å². The molecule has 10 nitrogen and oxygen atoms in total. The molecule has 0 aromatic heterocycles. The van der Waals surface area contributed by atoms with Crippen molar-refractivity contribution in [2.45, 2.75) is 36.3 Å². The smallest absolute Gasteiger partial charge is 0.358 e. The van der Waals surface area contributed by atoms with E-state index in [2.05, 4.69) is 5.32 Å². The minimum absolute atomic E-state index is 0.0213. The Morgan fingerprint density at radius 1 is 0.951 bits per heavy atom. The number of methoxy groups -OCH3 is 1. The molecule has 214 valence electrons. The van der Waals surface area contributed by atoms with Gasteiger partial charge in [-0.3, -0.25) is 14.5 Å². The molecule has 1 saturated heterocycles. The van der Waals surface area contributed by atoms with Gasteiger partial charge < -0.3 is 19.9 Å². The summed E-state index contributed by atoms with van der Waals surface area (Å²) < 4.78 is 36.9. The van der Waals surface area contributed by atoms with Crippen LogP contribution >= 0.6 is 10.8 Å². The van der Waals surface area contributed by atoms with Crippen LogP contribution in [0, 0.1) is 0 Å². The Hall–Kier alpha value is -4.29. The van der Waals surface area contributed by atoms with Gasteiger partial charge >= 0.3 is 5.97 Å². The number of nitrogens with zero attached hydrogens (tertiary/aromatic N) is 1. The predicted molar refractivity (Wildman–Crippen MR) is 152 cm³/mol. The molecule has 2 unspecified atom stereocenters. The maximum atomic E-state index is 13.3. The number of hydrogen-bond acceptors (Lipinski definition) is 9. The molecule has 1 fully saturated rings. The van der Waals surface area contributed by atoms with E-state index in [4.69, 9.17) is 9.47 Å². The first-order valence-corrected chi connectivity index (χ1v) is 15.3. The summed E-state index contributed by atoms with van der Waals surface area (Å²) in [5, 5.41) is 11.7. The summed E-state index contributed by atoms with van der Waals surface area (Å²) in [6, 6.07) is 21.8. The summed E-state index contributed by atoms with van der Waals surface area (Å²) in [6.07, 6.45) is -0.0426. The number of β-lactam (4-membered cyclic amide) rings is 1. The van der Waals surface area contributed by atoms with Gasteiger partial charge in [0, 0.05) is 10.8 Å². The number of aliphatic hydroxyl groups is 1. The predicted octanol–water partition coefficient (Wildman–Crippen LogP) is 3.55. The minimum Gasteiger partial charge on any atom is -0.510 e. The molecular formula is C29H28N2O8S2. The lowest BCUT2D eigenvalue weighted by Gasteiger charge is -2.46. The van der Waals surface area contributed by atoms with E-state index >= 15 is 0 Å². The third kappa shape index (κ3) is 7.08. The highest BCUT2D eigenvalue weighted by atomic mass is 33.1. The molecule has 41 heavy (non-hydrogen) atoms. The first-order valence-electron chi connectivity index (χ1n) is 12.5. The SMILES string of the molecule is COc1ccc(COC(=O)C(=C(C)O)N2C(=O)C(NC(=O)Cc3ccccc3)C2SS(=O)(=O)c2ccccc2)cc1. The van der Waals surface area contributed by atoms with Crippen molar-refractivity contribution in [3.8, 4) is 5.75 Å². The van der Waals surface area contributed by atoms with E-state index in [0.717, 1.165) is 4.90 Å². The molecule has 0 aliphatic carbocycles. The lowest BCUT2D eigenvalue weighted by molar-refractivity contribution is -0.153. The van der Waals surface area contributed by atoms with Crippen molar-refractivity contribution in [3.05, 3.63) is 108 Å². The number of rotatable bonds is 11. The molecule has 0 bridgehead atoms. The maximum absolute atomic E-state index is 13.3. The summed E-state index contributed by atoms with van der Waals surface area (Å²) >= 11 is 0. The van der Waals surface area contributed by atoms with Crippen molar-refractivity contribution in [3.63, 3.8) is 0 Å². The quantitative estimate of drug-likeness (QED) is 0.112. The normalized spacial score (nSPS) is 17.2. The Balaban J connectivity index is 1.57. The molecule has 0 radical (unpaired) electrons. The van der Waals surface area contributed by atoms with Crippen LogP contribution in [0.5, 0.6) is 5.75 Å². The van der Waals surface area contributed by atoms with Crippen LogP contribution in [-0.4, -0.2) is 54.7 Å². The molecule has 1 heterocycles. The molecule has 1 aliphatic heterocycles. The fourth-order valence-corrected chi connectivity index (χ4v) is 7.56. The Morgan fingerprint density at radius 3 is 2.15 bits per heavy atom. The highest BCUT2D eigenvalue weighted by Crippen LogP contribution is 2.40. The van der Waals surface area contributed by atoms with Gasteiger partial charge in [-0.05, 0) is 42.3 Å². The number of ether oxygens (including phenoxy) is 2. The van der Waals surface area contributed by atoms with Crippen molar-refractivity contribution in [1.82, 2.24) is 10.2 Å². The Bertz CT molecular complexity index is 1540. The standard InChI is InChI=1S/C29H28N2O8S2/c1-19(32)26(29(35)39-18-21-13-15-22(38-2)16-14-21)31-27(34)25(30-24(33)17-20-9-5-3-6-10-20)28(31)40-41(36,37)23-11-7-4-8-12-23/h3-16,25,28,32H,17-18H2,1-2H3,(H,30,33). The second-order valence-electron chi connectivity index (χ2n) is 9.03. The maximum Gasteiger partial charge on any atom is 0.358 e.